The maximum Gasteiger partial charge on any atom is 0.305 e. The summed E-state index contributed by atoms with van der Waals surface area (Å²) in [4.78, 5) is 13.1. The molecule has 1 saturated carbocycles. The Labute approximate surface area is 91.6 Å². The van der Waals surface area contributed by atoms with E-state index in [4.69, 9.17) is 0 Å². The van der Waals surface area contributed by atoms with Gasteiger partial charge in [-0.25, -0.2) is 13.1 Å². The normalized spacial score (nSPS) is 17.7. The Balaban J connectivity index is 2.28. The highest BCUT2D eigenvalue weighted by Crippen LogP contribution is 2.22. The molecule has 2 N–H and O–H groups in total. The quantitative estimate of drug-likeness (QED) is 0.821. The van der Waals surface area contributed by atoms with Crippen molar-refractivity contribution in [2.45, 2.75) is 36.4 Å². The number of aromatic amines is 1. The van der Waals surface area contributed by atoms with Crippen LogP contribution in [0.1, 0.15) is 25.0 Å². The third kappa shape index (κ3) is 2.14. The Morgan fingerprint density at radius 2 is 2.13 bits per heavy atom. The van der Waals surface area contributed by atoms with Gasteiger partial charge in [0, 0.05) is 11.7 Å². The van der Waals surface area contributed by atoms with Gasteiger partial charge in [0.05, 0.1) is 0 Å². The summed E-state index contributed by atoms with van der Waals surface area (Å²) in [5, 5.41) is 0. The van der Waals surface area contributed by atoms with Crippen molar-refractivity contribution in [3.05, 3.63) is 15.4 Å². The highest BCUT2D eigenvalue weighted by atomic mass is 32.2. The van der Waals surface area contributed by atoms with E-state index in [2.05, 4.69) is 9.71 Å². The van der Waals surface area contributed by atoms with E-state index in [1.807, 2.05) is 0 Å². The summed E-state index contributed by atoms with van der Waals surface area (Å²) < 4.78 is 26.3. The van der Waals surface area contributed by atoms with Crippen LogP contribution in [0.2, 0.25) is 0 Å². The molecule has 84 valence electrons. The fourth-order valence-electron chi connectivity index (χ4n) is 1.45. The Hall–Kier alpha value is -0.660. The second kappa shape index (κ2) is 3.73. The molecule has 1 aliphatic carbocycles. The lowest BCUT2D eigenvalue weighted by Gasteiger charge is -2.25. The molecule has 0 aromatic carbocycles. The summed E-state index contributed by atoms with van der Waals surface area (Å²) in [6, 6.07) is 0.0478. The van der Waals surface area contributed by atoms with E-state index < -0.39 is 10.0 Å². The third-order valence-corrected chi connectivity index (χ3v) is 5.58. The van der Waals surface area contributed by atoms with E-state index >= 15 is 0 Å². The minimum Gasteiger partial charge on any atom is -0.315 e. The summed E-state index contributed by atoms with van der Waals surface area (Å²) in [6.45, 7) is 1.59. The molecule has 0 bridgehead atoms. The summed E-state index contributed by atoms with van der Waals surface area (Å²) in [5.41, 5.74) is 0.414. The van der Waals surface area contributed by atoms with Crippen LogP contribution in [0.25, 0.3) is 0 Å². The molecule has 2 rings (SSSR count). The summed E-state index contributed by atoms with van der Waals surface area (Å²) in [5.74, 6) is 0. The third-order valence-electron chi connectivity index (χ3n) is 2.45. The number of rotatable bonds is 3. The molecule has 1 aliphatic rings. The molecule has 1 fully saturated rings. The van der Waals surface area contributed by atoms with E-state index in [1.165, 1.54) is 0 Å². The molecule has 15 heavy (non-hydrogen) atoms. The number of thiazole rings is 1. The molecule has 0 amide bonds. The van der Waals surface area contributed by atoms with Crippen molar-refractivity contribution in [3.63, 3.8) is 0 Å². The van der Waals surface area contributed by atoms with Gasteiger partial charge < -0.3 is 4.98 Å². The molecule has 7 heteroatoms. The van der Waals surface area contributed by atoms with Gasteiger partial charge in [-0.1, -0.05) is 17.8 Å². The van der Waals surface area contributed by atoms with Crippen LogP contribution in [0.5, 0.6) is 0 Å². The first kappa shape index (κ1) is 10.8. The molecule has 0 aliphatic heterocycles. The highest BCUT2D eigenvalue weighted by Gasteiger charge is 2.27. The lowest BCUT2D eigenvalue weighted by Crippen LogP contribution is -2.39. The number of hydrogen-bond acceptors (Lipinski definition) is 4. The van der Waals surface area contributed by atoms with Crippen molar-refractivity contribution in [2.75, 3.05) is 0 Å². The van der Waals surface area contributed by atoms with Crippen molar-refractivity contribution < 1.29 is 8.42 Å². The summed E-state index contributed by atoms with van der Waals surface area (Å²) in [6.07, 6.45) is 2.84. The zero-order valence-electron chi connectivity index (χ0n) is 8.24. The second-order valence-electron chi connectivity index (χ2n) is 3.68. The fraction of sp³-hybridized carbons (Fsp3) is 0.625. The number of H-pyrrole nitrogens is 1. The van der Waals surface area contributed by atoms with Crippen molar-refractivity contribution in [2.24, 2.45) is 0 Å². The molecule has 0 radical (unpaired) electrons. The van der Waals surface area contributed by atoms with Gasteiger partial charge in [-0.05, 0) is 19.8 Å². The largest absolute Gasteiger partial charge is 0.315 e. The molecule has 5 nitrogen and oxygen atoms in total. The minimum atomic E-state index is -3.49. The number of sulfonamides is 1. The summed E-state index contributed by atoms with van der Waals surface area (Å²) in [7, 11) is -3.49. The van der Waals surface area contributed by atoms with E-state index in [0.717, 1.165) is 30.6 Å². The average Bonchev–Trinajstić information content (AvgIpc) is 2.39. The molecular weight excluding hydrogens is 236 g/mol. The first-order valence-corrected chi connectivity index (χ1v) is 7.01. The van der Waals surface area contributed by atoms with E-state index in [-0.39, 0.29) is 15.1 Å². The lowest BCUT2D eigenvalue weighted by molar-refractivity contribution is 0.384. The minimum absolute atomic E-state index is 0.0478. The average molecular weight is 248 g/mol. The van der Waals surface area contributed by atoms with Crippen LogP contribution >= 0.6 is 11.3 Å². The SMILES string of the molecule is Cc1[nH]c(=O)sc1S(=O)(=O)NC1CCC1. The Morgan fingerprint density at radius 3 is 2.53 bits per heavy atom. The second-order valence-corrected chi connectivity index (χ2v) is 6.57. The Morgan fingerprint density at radius 1 is 1.47 bits per heavy atom. The lowest BCUT2D eigenvalue weighted by atomic mass is 9.94. The van der Waals surface area contributed by atoms with Crippen LogP contribution in [0.15, 0.2) is 9.00 Å². The van der Waals surface area contributed by atoms with Crippen LogP contribution < -0.4 is 9.60 Å². The van der Waals surface area contributed by atoms with Crippen molar-refractivity contribution >= 4 is 21.4 Å². The van der Waals surface area contributed by atoms with Crippen molar-refractivity contribution in [3.8, 4) is 0 Å². The van der Waals surface area contributed by atoms with Gasteiger partial charge in [0.15, 0.2) is 4.21 Å². The molecule has 1 aromatic rings. The van der Waals surface area contributed by atoms with Gasteiger partial charge in [-0.3, -0.25) is 4.79 Å². The van der Waals surface area contributed by atoms with Crippen molar-refractivity contribution in [1.82, 2.24) is 9.71 Å². The predicted octanol–water partition coefficient (Wildman–Crippen LogP) is 0.576. The van der Waals surface area contributed by atoms with E-state index in [9.17, 15) is 13.2 Å². The van der Waals surface area contributed by atoms with Gasteiger partial charge in [-0.2, -0.15) is 0 Å². The first-order valence-electron chi connectivity index (χ1n) is 4.71. The molecule has 1 heterocycles. The number of aryl methyl sites for hydroxylation is 1. The monoisotopic (exact) mass is 248 g/mol. The zero-order valence-corrected chi connectivity index (χ0v) is 9.87. The fourth-order valence-corrected chi connectivity index (χ4v) is 4.07. The number of nitrogens with one attached hydrogen (secondary N) is 2. The predicted molar refractivity (Wildman–Crippen MR) is 57.6 cm³/mol. The van der Waals surface area contributed by atoms with Crippen LogP contribution in [0, 0.1) is 6.92 Å². The van der Waals surface area contributed by atoms with Crippen LogP contribution in [-0.4, -0.2) is 19.4 Å². The van der Waals surface area contributed by atoms with Crippen molar-refractivity contribution in [1.29, 1.82) is 0 Å². The van der Waals surface area contributed by atoms with Gasteiger partial charge in [0.25, 0.3) is 10.0 Å². The van der Waals surface area contributed by atoms with E-state index in [1.54, 1.807) is 6.92 Å². The molecule has 0 unspecified atom stereocenters. The maximum atomic E-state index is 11.8. The van der Waals surface area contributed by atoms with E-state index in [0.29, 0.717) is 5.69 Å². The van der Waals surface area contributed by atoms with Crippen LogP contribution in [0.3, 0.4) is 0 Å². The number of aromatic nitrogens is 1. The highest BCUT2D eigenvalue weighted by molar-refractivity contribution is 7.91. The Bertz CT molecular complexity index is 510. The summed E-state index contributed by atoms with van der Waals surface area (Å²) >= 11 is 0.736. The van der Waals surface area contributed by atoms with Gasteiger partial charge in [-0.15, -0.1) is 0 Å². The Kier molecular flexibility index (Phi) is 2.70. The van der Waals surface area contributed by atoms with Gasteiger partial charge in [0.2, 0.25) is 0 Å². The number of hydrogen-bond donors (Lipinski definition) is 2. The van der Waals surface area contributed by atoms with Crippen LogP contribution in [-0.2, 0) is 10.0 Å². The van der Waals surface area contributed by atoms with Gasteiger partial charge in [0.1, 0.15) is 0 Å². The zero-order chi connectivity index (χ0) is 11.1. The first-order chi connectivity index (χ1) is 6.99. The topological polar surface area (TPSA) is 79.0 Å². The smallest absolute Gasteiger partial charge is 0.305 e. The van der Waals surface area contributed by atoms with Crippen LogP contribution in [0.4, 0.5) is 0 Å². The molecule has 0 atom stereocenters. The maximum absolute atomic E-state index is 11.8. The molecular formula is C8H12N2O3S2. The molecule has 0 spiro atoms. The molecule has 0 saturated heterocycles. The van der Waals surface area contributed by atoms with Gasteiger partial charge >= 0.3 is 4.87 Å². The molecule has 1 aromatic heterocycles. The standard InChI is InChI=1S/C8H12N2O3S2/c1-5-7(14-8(11)9-5)15(12,13)10-6-3-2-4-6/h6,10H,2-4H2,1H3,(H,9,11).